The summed E-state index contributed by atoms with van der Waals surface area (Å²) in [5.74, 6) is 0.943. The summed E-state index contributed by atoms with van der Waals surface area (Å²) in [4.78, 5) is 6.07. The Morgan fingerprint density at radius 2 is 2.15 bits per heavy atom. The molecule has 1 heterocycles. The first kappa shape index (κ1) is 13.6. The van der Waals surface area contributed by atoms with Gasteiger partial charge in [0.25, 0.3) is 0 Å². The third-order valence-corrected chi connectivity index (χ3v) is 4.76. The van der Waals surface area contributed by atoms with Crippen LogP contribution in [0.25, 0.3) is 0 Å². The number of aromatic nitrogens is 1. The predicted octanol–water partition coefficient (Wildman–Crippen LogP) is 3.30. The highest BCUT2D eigenvalue weighted by atomic mass is 32.1. The minimum atomic E-state index is 0.745. The van der Waals surface area contributed by atoms with Crippen molar-refractivity contribution in [2.24, 2.45) is 0 Å². The summed E-state index contributed by atoms with van der Waals surface area (Å²) in [6, 6.07) is 8.91. The molecule has 1 saturated carbocycles. The number of nitrogens with zero attached hydrogens (tertiary/aromatic N) is 1. The number of thiazole rings is 1. The molecule has 2 aromatic rings. The van der Waals surface area contributed by atoms with Gasteiger partial charge in [0, 0.05) is 29.4 Å². The van der Waals surface area contributed by atoms with Crippen LogP contribution in [0.5, 0.6) is 5.75 Å². The fourth-order valence-electron chi connectivity index (χ4n) is 2.26. The first-order valence-electron chi connectivity index (χ1n) is 7.06. The standard InChI is InChI=1S/C16H20N2OS/c1-11-15(10-17-13-7-8-13)20-16(18-11)9-12-5-3-4-6-14(12)19-2/h3-6,13,17H,7-10H2,1-2H3. The van der Waals surface area contributed by atoms with Gasteiger partial charge in [-0.2, -0.15) is 0 Å². The summed E-state index contributed by atoms with van der Waals surface area (Å²) in [7, 11) is 1.72. The number of aryl methyl sites for hydroxylation is 1. The molecule has 0 bridgehead atoms. The third-order valence-electron chi connectivity index (χ3n) is 3.60. The predicted molar refractivity (Wildman–Crippen MR) is 82.5 cm³/mol. The molecule has 1 aromatic carbocycles. The van der Waals surface area contributed by atoms with Gasteiger partial charge in [-0.25, -0.2) is 4.98 Å². The second kappa shape index (κ2) is 5.94. The molecule has 3 nitrogen and oxygen atoms in total. The number of hydrogen-bond acceptors (Lipinski definition) is 4. The van der Waals surface area contributed by atoms with Crippen molar-refractivity contribution >= 4 is 11.3 Å². The average molecular weight is 288 g/mol. The summed E-state index contributed by atoms with van der Waals surface area (Å²) in [6.45, 7) is 3.06. The van der Waals surface area contributed by atoms with Gasteiger partial charge in [-0.15, -0.1) is 11.3 Å². The molecule has 0 radical (unpaired) electrons. The summed E-state index contributed by atoms with van der Waals surface area (Å²) in [5.41, 5.74) is 2.36. The lowest BCUT2D eigenvalue weighted by Gasteiger charge is -2.05. The number of rotatable bonds is 6. The second-order valence-corrected chi connectivity index (χ2v) is 6.43. The molecule has 1 aromatic heterocycles. The number of hydrogen-bond donors (Lipinski definition) is 1. The van der Waals surface area contributed by atoms with E-state index < -0.39 is 0 Å². The van der Waals surface area contributed by atoms with Crippen molar-refractivity contribution in [1.29, 1.82) is 0 Å². The fourth-order valence-corrected chi connectivity index (χ4v) is 3.31. The maximum Gasteiger partial charge on any atom is 0.122 e. The van der Waals surface area contributed by atoms with Gasteiger partial charge in [0.1, 0.15) is 5.75 Å². The van der Waals surface area contributed by atoms with Crippen LogP contribution in [0.3, 0.4) is 0 Å². The van der Waals surface area contributed by atoms with E-state index in [1.54, 1.807) is 7.11 Å². The SMILES string of the molecule is COc1ccccc1Cc1nc(C)c(CNC2CC2)s1. The van der Waals surface area contributed by atoms with E-state index in [0.29, 0.717) is 0 Å². The molecule has 1 fully saturated rings. The molecule has 4 heteroatoms. The van der Waals surface area contributed by atoms with Gasteiger partial charge in [0.2, 0.25) is 0 Å². The van der Waals surface area contributed by atoms with Gasteiger partial charge in [-0.1, -0.05) is 18.2 Å². The van der Waals surface area contributed by atoms with Crippen LogP contribution in [0, 0.1) is 6.92 Å². The third kappa shape index (κ3) is 3.19. The molecule has 0 spiro atoms. The van der Waals surface area contributed by atoms with Crippen LogP contribution in [0.15, 0.2) is 24.3 Å². The zero-order chi connectivity index (χ0) is 13.9. The van der Waals surface area contributed by atoms with Crippen LogP contribution in [0.4, 0.5) is 0 Å². The highest BCUT2D eigenvalue weighted by Gasteiger charge is 2.21. The summed E-state index contributed by atoms with van der Waals surface area (Å²) >= 11 is 1.81. The van der Waals surface area contributed by atoms with Crippen molar-refractivity contribution in [2.45, 2.75) is 38.8 Å². The zero-order valence-electron chi connectivity index (χ0n) is 12.0. The molecule has 0 unspecified atom stereocenters. The Bertz CT molecular complexity index is 590. The first-order chi connectivity index (χ1) is 9.76. The maximum absolute atomic E-state index is 5.41. The van der Waals surface area contributed by atoms with Crippen LogP contribution >= 0.6 is 11.3 Å². The van der Waals surface area contributed by atoms with E-state index in [2.05, 4.69) is 18.3 Å². The van der Waals surface area contributed by atoms with Crippen LogP contribution in [-0.4, -0.2) is 18.1 Å². The van der Waals surface area contributed by atoms with Crippen LogP contribution < -0.4 is 10.1 Å². The Morgan fingerprint density at radius 3 is 2.90 bits per heavy atom. The molecule has 0 aliphatic heterocycles. The normalized spacial score (nSPS) is 14.5. The molecule has 1 aliphatic rings. The lowest BCUT2D eigenvalue weighted by atomic mass is 10.1. The van der Waals surface area contributed by atoms with E-state index in [1.807, 2.05) is 29.5 Å². The van der Waals surface area contributed by atoms with Crippen molar-refractivity contribution in [3.8, 4) is 5.75 Å². The molecule has 1 aliphatic carbocycles. The van der Waals surface area contributed by atoms with E-state index in [-0.39, 0.29) is 0 Å². The van der Waals surface area contributed by atoms with Gasteiger partial charge in [-0.05, 0) is 25.8 Å². The first-order valence-corrected chi connectivity index (χ1v) is 7.88. The molecule has 0 saturated heterocycles. The van der Waals surface area contributed by atoms with Crippen molar-refractivity contribution in [1.82, 2.24) is 10.3 Å². The van der Waals surface area contributed by atoms with Crippen LogP contribution in [-0.2, 0) is 13.0 Å². The van der Waals surface area contributed by atoms with Crippen molar-refractivity contribution in [3.63, 3.8) is 0 Å². The molecule has 0 amide bonds. The van der Waals surface area contributed by atoms with Crippen molar-refractivity contribution < 1.29 is 4.74 Å². The summed E-state index contributed by atoms with van der Waals surface area (Å²) in [5, 5.41) is 4.73. The number of benzene rings is 1. The minimum Gasteiger partial charge on any atom is -0.496 e. The minimum absolute atomic E-state index is 0.745. The Balaban J connectivity index is 1.71. The Labute approximate surface area is 124 Å². The quantitative estimate of drug-likeness (QED) is 0.885. The number of para-hydroxylation sites is 1. The topological polar surface area (TPSA) is 34.1 Å². The number of nitrogens with one attached hydrogen (secondary N) is 1. The highest BCUT2D eigenvalue weighted by molar-refractivity contribution is 7.11. The molecule has 20 heavy (non-hydrogen) atoms. The highest BCUT2D eigenvalue weighted by Crippen LogP contribution is 2.26. The molecule has 3 rings (SSSR count). The van der Waals surface area contributed by atoms with E-state index >= 15 is 0 Å². The van der Waals surface area contributed by atoms with Gasteiger partial charge >= 0.3 is 0 Å². The maximum atomic E-state index is 5.41. The molecule has 0 atom stereocenters. The number of ether oxygens (including phenoxy) is 1. The number of methoxy groups -OCH3 is 1. The molecular formula is C16H20N2OS. The summed E-state index contributed by atoms with van der Waals surface area (Å²) in [6.07, 6.45) is 3.50. The van der Waals surface area contributed by atoms with E-state index in [9.17, 15) is 0 Å². The Kier molecular flexibility index (Phi) is 4.03. The smallest absolute Gasteiger partial charge is 0.122 e. The van der Waals surface area contributed by atoms with Gasteiger partial charge in [0.15, 0.2) is 0 Å². The fraction of sp³-hybridized carbons (Fsp3) is 0.438. The second-order valence-electron chi connectivity index (χ2n) is 5.26. The van der Waals surface area contributed by atoms with Gasteiger partial charge in [0.05, 0.1) is 17.8 Å². The average Bonchev–Trinajstić information content (AvgIpc) is 3.22. The molecular weight excluding hydrogens is 268 g/mol. The van der Waals surface area contributed by atoms with E-state index in [4.69, 9.17) is 9.72 Å². The van der Waals surface area contributed by atoms with Crippen LogP contribution in [0.2, 0.25) is 0 Å². The van der Waals surface area contributed by atoms with Crippen molar-refractivity contribution in [3.05, 3.63) is 45.4 Å². The van der Waals surface area contributed by atoms with Gasteiger partial charge in [-0.3, -0.25) is 0 Å². The summed E-state index contributed by atoms with van der Waals surface area (Å²) < 4.78 is 5.41. The molecule has 1 N–H and O–H groups in total. The van der Waals surface area contributed by atoms with Crippen LogP contribution in [0.1, 0.15) is 34.0 Å². The zero-order valence-corrected chi connectivity index (χ0v) is 12.8. The lowest BCUT2D eigenvalue weighted by Crippen LogP contribution is -2.14. The van der Waals surface area contributed by atoms with E-state index in [0.717, 1.165) is 30.5 Å². The Morgan fingerprint density at radius 1 is 1.35 bits per heavy atom. The monoisotopic (exact) mass is 288 g/mol. The van der Waals surface area contributed by atoms with Gasteiger partial charge < -0.3 is 10.1 Å². The van der Waals surface area contributed by atoms with Crippen molar-refractivity contribution in [2.75, 3.05) is 7.11 Å². The largest absolute Gasteiger partial charge is 0.496 e. The lowest BCUT2D eigenvalue weighted by molar-refractivity contribution is 0.410. The Hall–Kier alpha value is -1.39. The van der Waals surface area contributed by atoms with E-state index in [1.165, 1.54) is 28.3 Å². The molecule has 106 valence electrons.